The zero-order chi connectivity index (χ0) is 7.84. The SMILES string of the molecule is O=C1NC(=O)C2=C1CCCC2.[HH]. The van der Waals surface area contributed by atoms with Gasteiger partial charge in [-0.15, -0.1) is 0 Å². The number of nitrogens with one attached hydrogen (secondary N) is 1. The first-order chi connectivity index (χ1) is 5.29. The van der Waals surface area contributed by atoms with Gasteiger partial charge in [-0.3, -0.25) is 14.9 Å². The minimum absolute atomic E-state index is 0. The van der Waals surface area contributed by atoms with Gasteiger partial charge >= 0.3 is 0 Å². The fourth-order valence-corrected chi connectivity index (χ4v) is 1.66. The highest BCUT2D eigenvalue weighted by Crippen LogP contribution is 2.28. The van der Waals surface area contributed by atoms with Crippen LogP contribution in [0.25, 0.3) is 0 Å². The van der Waals surface area contributed by atoms with E-state index in [0.717, 1.165) is 36.8 Å². The van der Waals surface area contributed by atoms with Crippen LogP contribution in [0.3, 0.4) is 0 Å². The van der Waals surface area contributed by atoms with E-state index in [1.165, 1.54) is 0 Å². The lowest BCUT2D eigenvalue weighted by atomic mass is 9.93. The number of imide groups is 1. The van der Waals surface area contributed by atoms with E-state index < -0.39 is 0 Å². The number of hydrogen-bond donors (Lipinski definition) is 1. The van der Waals surface area contributed by atoms with Crippen molar-refractivity contribution in [2.24, 2.45) is 0 Å². The van der Waals surface area contributed by atoms with Crippen LogP contribution < -0.4 is 5.32 Å². The smallest absolute Gasteiger partial charge is 0.254 e. The fraction of sp³-hybridized carbons (Fsp3) is 0.500. The monoisotopic (exact) mass is 153 g/mol. The molecule has 1 aliphatic carbocycles. The van der Waals surface area contributed by atoms with Crippen molar-refractivity contribution in [1.82, 2.24) is 5.32 Å². The molecule has 1 heterocycles. The maximum atomic E-state index is 11.0. The van der Waals surface area contributed by atoms with Gasteiger partial charge in [0, 0.05) is 12.6 Å². The number of carbonyl (C=O) groups excluding carboxylic acids is 2. The lowest BCUT2D eigenvalue weighted by Crippen LogP contribution is -2.22. The van der Waals surface area contributed by atoms with Crippen LogP contribution in [0.4, 0.5) is 0 Å². The summed E-state index contributed by atoms with van der Waals surface area (Å²) in [6, 6.07) is 0. The molecule has 0 bridgehead atoms. The minimum Gasteiger partial charge on any atom is -0.289 e. The molecule has 2 rings (SSSR count). The summed E-state index contributed by atoms with van der Waals surface area (Å²) in [5.74, 6) is -0.325. The predicted octanol–water partition coefficient (Wildman–Crippen LogP) is 0.759. The zero-order valence-electron chi connectivity index (χ0n) is 6.14. The van der Waals surface area contributed by atoms with E-state index >= 15 is 0 Å². The second-order valence-corrected chi connectivity index (χ2v) is 2.95. The van der Waals surface area contributed by atoms with Crippen LogP contribution >= 0.6 is 0 Å². The summed E-state index contributed by atoms with van der Waals surface area (Å²) in [7, 11) is 0. The Labute approximate surface area is 66.0 Å². The quantitative estimate of drug-likeness (QED) is 0.522. The van der Waals surface area contributed by atoms with Crippen molar-refractivity contribution in [3.05, 3.63) is 11.1 Å². The molecule has 3 nitrogen and oxygen atoms in total. The van der Waals surface area contributed by atoms with E-state index in [0.29, 0.717) is 0 Å². The van der Waals surface area contributed by atoms with Crippen molar-refractivity contribution in [3.63, 3.8) is 0 Å². The Hall–Kier alpha value is -1.12. The first kappa shape index (κ1) is 6.58. The number of amides is 2. The van der Waals surface area contributed by atoms with Crippen LogP contribution in [-0.2, 0) is 9.59 Å². The van der Waals surface area contributed by atoms with Gasteiger partial charge in [0.15, 0.2) is 0 Å². The summed E-state index contributed by atoms with van der Waals surface area (Å²) in [5.41, 5.74) is 1.47. The summed E-state index contributed by atoms with van der Waals surface area (Å²) in [6.07, 6.45) is 3.65. The largest absolute Gasteiger partial charge is 0.289 e. The maximum Gasteiger partial charge on any atom is 0.254 e. The van der Waals surface area contributed by atoms with Crippen LogP contribution in [0, 0.1) is 0 Å². The highest BCUT2D eigenvalue weighted by molar-refractivity contribution is 6.19. The van der Waals surface area contributed by atoms with Crippen LogP contribution in [0.2, 0.25) is 0 Å². The Morgan fingerprint density at radius 1 is 1.00 bits per heavy atom. The lowest BCUT2D eigenvalue weighted by Gasteiger charge is -2.08. The molecule has 0 spiro atoms. The van der Waals surface area contributed by atoms with Crippen LogP contribution in [0.15, 0.2) is 11.1 Å². The van der Waals surface area contributed by atoms with E-state index in [4.69, 9.17) is 0 Å². The van der Waals surface area contributed by atoms with Gasteiger partial charge in [-0.1, -0.05) is 0 Å². The highest BCUT2D eigenvalue weighted by atomic mass is 16.2. The third kappa shape index (κ3) is 0.878. The van der Waals surface area contributed by atoms with Gasteiger partial charge < -0.3 is 0 Å². The van der Waals surface area contributed by atoms with E-state index in [9.17, 15) is 9.59 Å². The molecule has 0 radical (unpaired) electrons. The standard InChI is InChI=1S/C8H9NO2.H2/c10-7-5-3-1-2-4-6(5)8(11)9-7;/h1-4H2,(H,9,10,11);1H. The Bertz CT molecular complexity index is 244. The molecule has 3 heteroatoms. The molecule has 60 valence electrons. The molecule has 0 atom stereocenters. The third-order valence-corrected chi connectivity index (χ3v) is 2.24. The van der Waals surface area contributed by atoms with E-state index in [1.54, 1.807) is 0 Å². The third-order valence-electron chi connectivity index (χ3n) is 2.24. The molecule has 1 aliphatic heterocycles. The fourth-order valence-electron chi connectivity index (χ4n) is 1.66. The van der Waals surface area contributed by atoms with Gasteiger partial charge in [-0.05, 0) is 25.7 Å². The highest BCUT2D eigenvalue weighted by Gasteiger charge is 2.30. The van der Waals surface area contributed by atoms with Gasteiger partial charge in [-0.25, -0.2) is 0 Å². The topological polar surface area (TPSA) is 46.2 Å². The summed E-state index contributed by atoms with van der Waals surface area (Å²) < 4.78 is 0. The molecule has 2 aliphatic rings. The molecule has 0 saturated carbocycles. The molecule has 0 unspecified atom stereocenters. The van der Waals surface area contributed by atoms with Crippen molar-refractivity contribution < 1.29 is 11.0 Å². The lowest BCUT2D eigenvalue weighted by molar-refractivity contribution is -0.124. The van der Waals surface area contributed by atoms with Gasteiger partial charge in [-0.2, -0.15) is 0 Å². The first-order valence-electron chi connectivity index (χ1n) is 3.87. The number of hydrogen-bond acceptors (Lipinski definition) is 2. The van der Waals surface area contributed by atoms with Crippen molar-refractivity contribution in [3.8, 4) is 0 Å². The van der Waals surface area contributed by atoms with Crippen molar-refractivity contribution in [2.75, 3.05) is 0 Å². The van der Waals surface area contributed by atoms with Gasteiger partial charge in [0.2, 0.25) is 0 Å². The van der Waals surface area contributed by atoms with Crippen LogP contribution in [-0.4, -0.2) is 11.8 Å². The Balaban J connectivity index is 0.000000720. The molecular weight excluding hydrogens is 142 g/mol. The van der Waals surface area contributed by atoms with Gasteiger partial charge in [0.05, 0.1) is 0 Å². The minimum atomic E-state index is -0.162. The Morgan fingerprint density at radius 2 is 1.45 bits per heavy atom. The van der Waals surface area contributed by atoms with Crippen molar-refractivity contribution >= 4 is 11.8 Å². The summed E-state index contributed by atoms with van der Waals surface area (Å²) in [6.45, 7) is 0. The predicted molar refractivity (Wildman–Crippen MR) is 40.8 cm³/mol. The summed E-state index contributed by atoms with van der Waals surface area (Å²) in [4.78, 5) is 22.1. The molecular formula is C8H11NO2. The maximum absolute atomic E-state index is 11.0. The molecule has 0 aromatic heterocycles. The van der Waals surface area contributed by atoms with E-state index in [1.807, 2.05) is 0 Å². The van der Waals surface area contributed by atoms with Crippen LogP contribution in [0.5, 0.6) is 0 Å². The van der Waals surface area contributed by atoms with E-state index in [2.05, 4.69) is 5.32 Å². The molecule has 2 amide bonds. The second-order valence-electron chi connectivity index (χ2n) is 2.95. The van der Waals surface area contributed by atoms with Crippen molar-refractivity contribution in [1.29, 1.82) is 0 Å². The van der Waals surface area contributed by atoms with Crippen molar-refractivity contribution in [2.45, 2.75) is 25.7 Å². The van der Waals surface area contributed by atoms with Gasteiger partial charge in [0.1, 0.15) is 0 Å². The number of rotatable bonds is 0. The molecule has 0 saturated heterocycles. The zero-order valence-corrected chi connectivity index (χ0v) is 6.14. The van der Waals surface area contributed by atoms with Gasteiger partial charge in [0.25, 0.3) is 11.8 Å². The average molecular weight is 153 g/mol. The first-order valence-corrected chi connectivity index (χ1v) is 3.87. The van der Waals surface area contributed by atoms with E-state index in [-0.39, 0.29) is 13.2 Å². The molecule has 0 aromatic carbocycles. The molecule has 11 heavy (non-hydrogen) atoms. The molecule has 0 fully saturated rings. The second kappa shape index (κ2) is 2.19. The summed E-state index contributed by atoms with van der Waals surface area (Å²) in [5, 5.41) is 2.31. The van der Waals surface area contributed by atoms with Crippen LogP contribution in [0.1, 0.15) is 27.1 Å². The normalized spacial score (nSPS) is 23.6. The summed E-state index contributed by atoms with van der Waals surface area (Å²) >= 11 is 0. The molecule has 1 N–H and O–H groups in total. The number of carbonyl (C=O) groups is 2. The Morgan fingerprint density at radius 3 is 1.91 bits per heavy atom. The average Bonchev–Trinajstić information content (AvgIpc) is 2.30. The molecule has 0 aromatic rings. The Kier molecular flexibility index (Phi) is 1.31.